The highest BCUT2D eigenvalue weighted by Gasteiger charge is 2.31. The Kier molecular flexibility index (Phi) is 3.98. The number of aromatic nitrogens is 5. The summed E-state index contributed by atoms with van der Waals surface area (Å²) in [4.78, 5) is 0. The molecule has 0 amide bonds. The normalized spacial score (nSPS) is 11.7. The Bertz CT molecular complexity index is 1080. The fourth-order valence-electron chi connectivity index (χ4n) is 2.66. The summed E-state index contributed by atoms with van der Waals surface area (Å²) in [6.07, 6.45) is -3.08. The van der Waals surface area contributed by atoms with E-state index in [1.165, 1.54) is 23.0 Å². The van der Waals surface area contributed by atoms with Crippen molar-refractivity contribution in [3.8, 4) is 28.4 Å². The lowest BCUT2D eigenvalue weighted by Crippen LogP contribution is -2.04. The molecule has 0 saturated heterocycles. The van der Waals surface area contributed by atoms with Crippen molar-refractivity contribution in [1.29, 1.82) is 0 Å². The van der Waals surface area contributed by atoms with Crippen molar-refractivity contribution < 1.29 is 17.7 Å². The molecule has 6 nitrogen and oxygen atoms in total. The number of halogens is 3. The minimum Gasteiger partial charge on any atom is -0.356 e. The topological polar surface area (TPSA) is 69.6 Å². The first-order valence-corrected chi connectivity index (χ1v) is 7.91. The maximum atomic E-state index is 13.0. The summed E-state index contributed by atoms with van der Waals surface area (Å²) in [6, 6.07) is 12.3. The van der Waals surface area contributed by atoms with Gasteiger partial charge in [0.2, 0.25) is 0 Å². The second-order valence-electron chi connectivity index (χ2n) is 5.90. The van der Waals surface area contributed by atoms with Gasteiger partial charge in [-0.3, -0.25) is 0 Å². The molecule has 2 heterocycles. The van der Waals surface area contributed by atoms with Crippen molar-refractivity contribution in [3.05, 3.63) is 65.9 Å². The summed E-state index contributed by atoms with van der Waals surface area (Å²) in [6.45, 7) is 1.95. The second kappa shape index (κ2) is 6.35. The van der Waals surface area contributed by atoms with E-state index < -0.39 is 11.7 Å². The average Bonchev–Trinajstić information content (AvgIpc) is 3.30. The van der Waals surface area contributed by atoms with Gasteiger partial charge < -0.3 is 4.52 Å². The van der Waals surface area contributed by atoms with Crippen LogP contribution in [0.3, 0.4) is 0 Å². The number of benzene rings is 2. The number of alkyl halides is 3. The second-order valence-corrected chi connectivity index (χ2v) is 5.90. The largest absolute Gasteiger partial charge is 0.416 e. The Hall–Kier alpha value is -3.49. The molecule has 0 fully saturated rings. The van der Waals surface area contributed by atoms with Gasteiger partial charge in [-0.25, -0.2) is 0 Å². The fourth-order valence-corrected chi connectivity index (χ4v) is 2.66. The van der Waals surface area contributed by atoms with E-state index >= 15 is 0 Å². The van der Waals surface area contributed by atoms with E-state index in [4.69, 9.17) is 4.52 Å². The van der Waals surface area contributed by atoms with Crippen molar-refractivity contribution in [1.82, 2.24) is 25.4 Å². The fraction of sp³-hybridized carbons (Fsp3) is 0.111. The van der Waals surface area contributed by atoms with Gasteiger partial charge in [-0.15, -0.1) is 5.10 Å². The van der Waals surface area contributed by atoms with Crippen LogP contribution >= 0.6 is 0 Å². The van der Waals surface area contributed by atoms with Gasteiger partial charge >= 0.3 is 6.18 Å². The van der Waals surface area contributed by atoms with E-state index in [1.807, 2.05) is 31.2 Å². The molecular weight excluding hydrogens is 359 g/mol. The van der Waals surface area contributed by atoms with Crippen molar-refractivity contribution in [2.45, 2.75) is 13.1 Å². The van der Waals surface area contributed by atoms with Gasteiger partial charge in [0.1, 0.15) is 0 Å². The van der Waals surface area contributed by atoms with Crippen LogP contribution < -0.4 is 0 Å². The lowest BCUT2D eigenvalue weighted by Gasteiger charge is -2.08. The zero-order chi connectivity index (χ0) is 19.0. The molecular formula is C18H12F3N5O. The maximum absolute atomic E-state index is 13.0. The minimum absolute atomic E-state index is 0.157. The standard InChI is InChI=1S/C18H12F3N5O/c1-11-5-7-14(8-6-11)26-17(23-24-25-26)15-10-22-27-16(15)12-3-2-4-13(9-12)18(19,20)21/h2-10H,1H3. The van der Waals surface area contributed by atoms with E-state index in [0.717, 1.165) is 17.7 Å². The number of rotatable bonds is 3. The molecule has 0 spiro atoms. The number of nitrogens with zero attached hydrogens (tertiary/aromatic N) is 5. The Labute approximate surface area is 151 Å². The maximum Gasteiger partial charge on any atom is 0.416 e. The molecule has 27 heavy (non-hydrogen) atoms. The molecule has 0 aliphatic carbocycles. The zero-order valence-electron chi connectivity index (χ0n) is 14.0. The van der Waals surface area contributed by atoms with E-state index in [1.54, 1.807) is 0 Å². The van der Waals surface area contributed by atoms with Crippen molar-refractivity contribution >= 4 is 0 Å². The number of hydrogen-bond acceptors (Lipinski definition) is 5. The van der Waals surface area contributed by atoms with Crippen LogP contribution in [0.25, 0.3) is 28.4 Å². The third kappa shape index (κ3) is 3.19. The van der Waals surface area contributed by atoms with Crippen LogP contribution in [-0.4, -0.2) is 25.4 Å². The highest BCUT2D eigenvalue weighted by molar-refractivity contribution is 5.76. The van der Waals surface area contributed by atoms with Gasteiger partial charge in [-0.1, -0.05) is 35.0 Å². The molecule has 2 aromatic carbocycles. The van der Waals surface area contributed by atoms with Crippen molar-refractivity contribution in [3.63, 3.8) is 0 Å². The van der Waals surface area contributed by atoms with E-state index in [0.29, 0.717) is 17.1 Å². The zero-order valence-corrected chi connectivity index (χ0v) is 14.0. The molecule has 0 aliphatic heterocycles. The molecule has 0 unspecified atom stereocenters. The molecule has 0 bridgehead atoms. The van der Waals surface area contributed by atoms with Gasteiger partial charge in [0.05, 0.1) is 23.0 Å². The third-order valence-corrected chi connectivity index (χ3v) is 4.01. The molecule has 0 atom stereocenters. The highest BCUT2D eigenvalue weighted by atomic mass is 19.4. The first kappa shape index (κ1) is 17.0. The molecule has 136 valence electrons. The lowest BCUT2D eigenvalue weighted by molar-refractivity contribution is -0.137. The van der Waals surface area contributed by atoms with E-state index in [9.17, 15) is 13.2 Å². The predicted molar refractivity (Wildman–Crippen MR) is 89.8 cm³/mol. The Balaban J connectivity index is 1.81. The number of hydrogen-bond donors (Lipinski definition) is 0. The first-order valence-electron chi connectivity index (χ1n) is 7.91. The smallest absolute Gasteiger partial charge is 0.356 e. The summed E-state index contributed by atoms with van der Waals surface area (Å²) in [7, 11) is 0. The van der Waals surface area contributed by atoms with Gasteiger partial charge in [0.25, 0.3) is 0 Å². The van der Waals surface area contributed by atoms with Crippen LogP contribution in [0.5, 0.6) is 0 Å². The van der Waals surface area contributed by atoms with Gasteiger partial charge in [-0.05, 0) is 41.6 Å². The molecule has 9 heteroatoms. The molecule has 0 radical (unpaired) electrons. The van der Waals surface area contributed by atoms with Gasteiger partial charge in [0, 0.05) is 5.56 Å². The summed E-state index contributed by atoms with van der Waals surface area (Å²) in [5.41, 5.74) is 1.62. The Morgan fingerprint density at radius 2 is 1.81 bits per heavy atom. The molecule has 0 N–H and O–H groups in total. The quantitative estimate of drug-likeness (QED) is 0.537. The summed E-state index contributed by atoms with van der Waals surface area (Å²) in [5, 5.41) is 15.4. The highest BCUT2D eigenvalue weighted by Crippen LogP contribution is 2.35. The molecule has 0 saturated carbocycles. The van der Waals surface area contributed by atoms with Crippen molar-refractivity contribution in [2.24, 2.45) is 0 Å². The summed E-state index contributed by atoms with van der Waals surface area (Å²) >= 11 is 0. The Morgan fingerprint density at radius 3 is 2.56 bits per heavy atom. The minimum atomic E-state index is -4.46. The van der Waals surface area contributed by atoms with Gasteiger partial charge in [0.15, 0.2) is 11.6 Å². The monoisotopic (exact) mass is 371 g/mol. The van der Waals surface area contributed by atoms with Crippen LogP contribution in [0, 0.1) is 6.92 Å². The molecule has 2 aromatic heterocycles. The van der Waals surface area contributed by atoms with Gasteiger partial charge in [-0.2, -0.15) is 17.9 Å². The van der Waals surface area contributed by atoms with Crippen LogP contribution in [0.2, 0.25) is 0 Å². The average molecular weight is 371 g/mol. The molecule has 4 rings (SSSR count). The lowest BCUT2D eigenvalue weighted by atomic mass is 10.1. The number of aryl methyl sites for hydroxylation is 1. The summed E-state index contributed by atoms with van der Waals surface area (Å²) < 4.78 is 45.8. The SMILES string of the molecule is Cc1ccc(-n2nnnc2-c2cnoc2-c2cccc(C(F)(F)F)c2)cc1. The van der Waals surface area contributed by atoms with Crippen LogP contribution in [0.15, 0.2) is 59.3 Å². The first-order chi connectivity index (χ1) is 12.9. The predicted octanol–water partition coefficient (Wildman–Crippen LogP) is 4.31. The van der Waals surface area contributed by atoms with Crippen LogP contribution in [0.1, 0.15) is 11.1 Å². The van der Waals surface area contributed by atoms with E-state index in [-0.39, 0.29) is 11.3 Å². The van der Waals surface area contributed by atoms with Crippen LogP contribution in [-0.2, 0) is 6.18 Å². The van der Waals surface area contributed by atoms with Crippen molar-refractivity contribution in [2.75, 3.05) is 0 Å². The number of tetrazole rings is 1. The molecule has 0 aliphatic rings. The Morgan fingerprint density at radius 1 is 1.04 bits per heavy atom. The van der Waals surface area contributed by atoms with Crippen LogP contribution in [0.4, 0.5) is 13.2 Å². The van der Waals surface area contributed by atoms with E-state index in [2.05, 4.69) is 20.7 Å². The summed E-state index contributed by atoms with van der Waals surface area (Å²) in [5.74, 6) is 0.469. The third-order valence-electron chi connectivity index (χ3n) is 4.01. The molecule has 4 aromatic rings.